The normalized spacial score (nSPS) is 13.6. The molecule has 0 fully saturated rings. The summed E-state index contributed by atoms with van der Waals surface area (Å²) in [6.07, 6.45) is 0.484. The first-order valence-corrected chi connectivity index (χ1v) is 4.91. The van der Waals surface area contributed by atoms with Crippen LogP contribution in [0.3, 0.4) is 0 Å². The molecule has 0 saturated heterocycles. The van der Waals surface area contributed by atoms with E-state index in [0.717, 1.165) is 0 Å². The summed E-state index contributed by atoms with van der Waals surface area (Å²) in [7, 11) is -4.14. The molecule has 7 heteroatoms. The maximum absolute atomic E-state index is 10.2. The molecule has 0 amide bonds. The molecule has 1 atom stereocenters. The number of hydrogen-bond acceptors (Lipinski definition) is 5. The van der Waals surface area contributed by atoms with Crippen molar-refractivity contribution in [2.24, 2.45) is 17.4 Å². The third-order valence-corrected chi connectivity index (χ3v) is 2.23. The predicted molar refractivity (Wildman–Crippen MR) is 40.8 cm³/mol. The quantitative estimate of drug-likeness (QED) is 0.346. The van der Waals surface area contributed by atoms with Gasteiger partial charge in [0, 0.05) is 5.75 Å². The molecule has 1 unspecified atom stereocenters. The van der Waals surface area contributed by atoms with Crippen molar-refractivity contribution in [2.75, 3.05) is 18.8 Å². The van der Waals surface area contributed by atoms with Crippen molar-refractivity contribution in [2.45, 2.75) is 6.42 Å². The topological polar surface area (TPSA) is 109 Å². The van der Waals surface area contributed by atoms with Gasteiger partial charge in [0.25, 0.3) is 0 Å². The van der Waals surface area contributed by atoms with E-state index in [1.807, 2.05) is 0 Å². The fraction of sp³-hybridized carbons (Fsp3) is 1.00. The summed E-state index contributed by atoms with van der Waals surface area (Å²) in [6, 6.07) is 0. The summed E-state index contributed by atoms with van der Waals surface area (Å²) in [4.78, 5) is 0. The maximum atomic E-state index is 10.2. The van der Waals surface area contributed by atoms with Crippen LogP contribution >= 0.6 is 0 Å². The van der Waals surface area contributed by atoms with Crippen molar-refractivity contribution in [3.63, 3.8) is 0 Å². The summed E-state index contributed by atoms with van der Waals surface area (Å²) < 4.78 is 30.7. The third kappa shape index (κ3) is 8.92. The second-order valence-electron chi connectivity index (χ2n) is 2.40. The Morgan fingerprint density at radius 2 is 1.83 bits per heavy atom. The number of nitrogens with two attached hydrogens (primary N) is 2. The predicted octanol–water partition coefficient (Wildman–Crippen LogP) is -4.54. The van der Waals surface area contributed by atoms with E-state index in [4.69, 9.17) is 11.5 Å². The molecule has 0 aromatic heterocycles. The molecular formula is C5H13N2NaO3S. The first kappa shape index (κ1) is 15.3. The summed E-state index contributed by atoms with van der Waals surface area (Å²) >= 11 is 0. The summed E-state index contributed by atoms with van der Waals surface area (Å²) in [6.45, 7) is 0.552. The van der Waals surface area contributed by atoms with Crippen LogP contribution in [0, 0.1) is 5.92 Å². The molecule has 0 aliphatic carbocycles. The van der Waals surface area contributed by atoms with E-state index in [0.29, 0.717) is 13.0 Å². The van der Waals surface area contributed by atoms with E-state index in [9.17, 15) is 13.0 Å². The van der Waals surface area contributed by atoms with Crippen LogP contribution in [0.15, 0.2) is 0 Å². The van der Waals surface area contributed by atoms with Crippen molar-refractivity contribution in [1.29, 1.82) is 0 Å². The zero-order valence-corrected chi connectivity index (χ0v) is 10.0. The van der Waals surface area contributed by atoms with Crippen LogP contribution in [0.4, 0.5) is 0 Å². The minimum atomic E-state index is -4.14. The molecule has 0 heterocycles. The van der Waals surface area contributed by atoms with Gasteiger partial charge in [-0.3, -0.25) is 0 Å². The van der Waals surface area contributed by atoms with Crippen molar-refractivity contribution in [3.8, 4) is 0 Å². The zero-order chi connectivity index (χ0) is 8.91. The Kier molecular flexibility index (Phi) is 9.25. The van der Waals surface area contributed by atoms with E-state index in [1.54, 1.807) is 0 Å². The Labute approximate surface area is 94.9 Å². The second-order valence-corrected chi connectivity index (χ2v) is 3.85. The van der Waals surface area contributed by atoms with Crippen LogP contribution in [0.5, 0.6) is 0 Å². The molecular weight excluding hydrogens is 191 g/mol. The van der Waals surface area contributed by atoms with Crippen molar-refractivity contribution in [1.82, 2.24) is 0 Å². The minimum absolute atomic E-state index is 0. The Morgan fingerprint density at radius 3 is 2.08 bits per heavy atom. The molecule has 0 aliphatic rings. The third-order valence-electron chi connectivity index (χ3n) is 1.35. The van der Waals surface area contributed by atoms with Gasteiger partial charge in [0.15, 0.2) is 0 Å². The van der Waals surface area contributed by atoms with Gasteiger partial charge < -0.3 is 16.0 Å². The molecule has 0 aromatic carbocycles. The van der Waals surface area contributed by atoms with E-state index in [2.05, 4.69) is 0 Å². The molecule has 4 N–H and O–H groups in total. The average molecular weight is 204 g/mol. The molecule has 0 aromatic rings. The van der Waals surface area contributed by atoms with Crippen molar-refractivity contribution in [3.05, 3.63) is 0 Å². The van der Waals surface area contributed by atoms with Crippen molar-refractivity contribution < 1.29 is 42.5 Å². The van der Waals surface area contributed by atoms with Crippen LogP contribution in [0.2, 0.25) is 0 Å². The molecule has 0 spiro atoms. The average Bonchev–Trinajstić information content (AvgIpc) is 1.84. The van der Waals surface area contributed by atoms with Crippen LogP contribution in [0.25, 0.3) is 0 Å². The van der Waals surface area contributed by atoms with Gasteiger partial charge in [-0.05, 0) is 25.4 Å². The molecule has 0 rings (SSSR count). The van der Waals surface area contributed by atoms with Crippen molar-refractivity contribution >= 4 is 10.1 Å². The monoisotopic (exact) mass is 204 g/mol. The van der Waals surface area contributed by atoms with E-state index in [1.165, 1.54) is 0 Å². The first-order valence-electron chi connectivity index (χ1n) is 3.33. The zero-order valence-electron chi connectivity index (χ0n) is 7.19. The summed E-state index contributed by atoms with van der Waals surface area (Å²) in [5.41, 5.74) is 10.4. The summed E-state index contributed by atoms with van der Waals surface area (Å²) in [5.74, 6) is -0.691. The molecule has 0 bridgehead atoms. The molecule has 5 nitrogen and oxygen atoms in total. The fourth-order valence-corrected chi connectivity index (χ4v) is 1.67. The first-order chi connectivity index (χ1) is 4.99. The fourth-order valence-electron chi connectivity index (χ4n) is 0.794. The Morgan fingerprint density at radius 1 is 1.33 bits per heavy atom. The summed E-state index contributed by atoms with van der Waals surface area (Å²) in [5, 5.41) is 0. The Balaban J connectivity index is 0. The standard InChI is InChI=1S/C5H14N2O3S.Na/c6-2-1-5(3-7)4-11(8,9)10;/h5H,1-4,6-7H2,(H,8,9,10);/q;+1/p-1. The number of rotatable bonds is 5. The Bertz CT molecular complexity index is 195. The van der Waals surface area contributed by atoms with Crippen LogP contribution < -0.4 is 41.0 Å². The molecule has 68 valence electrons. The largest absolute Gasteiger partial charge is 1.00 e. The number of hydrogen-bond donors (Lipinski definition) is 2. The van der Waals surface area contributed by atoms with Gasteiger partial charge in [0.1, 0.15) is 0 Å². The molecule has 12 heavy (non-hydrogen) atoms. The maximum Gasteiger partial charge on any atom is 1.00 e. The van der Waals surface area contributed by atoms with Gasteiger partial charge in [-0.15, -0.1) is 0 Å². The van der Waals surface area contributed by atoms with Gasteiger partial charge in [0.2, 0.25) is 0 Å². The molecule has 0 aliphatic heterocycles. The van der Waals surface area contributed by atoms with Crippen LogP contribution in [-0.4, -0.2) is 31.8 Å². The van der Waals surface area contributed by atoms with Crippen LogP contribution in [0.1, 0.15) is 6.42 Å². The minimum Gasteiger partial charge on any atom is -0.748 e. The second kappa shape index (κ2) is 7.25. The van der Waals surface area contributed by atoms with E-state index in [-0.39, 0.29) is 42.0 Å². The van der Waals surface area contributed by atoms with Gasteiger partial charge in [0.05, 0.1) is 10.1 Å². The van der Waals surface area contributed by atoms with Crippen LogP contribution in [-0.2, 0) is 10.1 Å². The van der Waals surface area contributed by atoms with Gasteiger partial charge in [-0.1, -0.05) is 0 Å². The SMILES string of the molecule is NCCC(CN)CS(=O)(=O)[O-].[Na+]. The van der Waals surface area contributed by atoms with Gasteiger partial charge >= 0.3 is 29.6 Å². The molecule has 0 saturated carbocycles. The van der Waals surface area contributed by atoms with E-state index < -0.39 is 15.9 Å². The smallest absolute Gasteiger partial charge is 0.748 e. The van der Waals surface area contributed by atoms with E-state index >= 15 is 0 Å². The van der Waals surface area contributed by atoms with Gasteiger partial charge in [-0.2, -0.15) is 0 Å². The molecule has 0 radical (unpaired) electrons. The van der Waals surface area contributed by atoms with Gasteiger partial charge in [-0.25, -0.2) is 8.42 Å². The Hall–Kier alpha value is 0.830.